The van der Waals surface area contributed by atoms with Gasteiger partial charge >= 0.3 is 5.97 Å². The molecule has 0 unspecified atom stereocenters. The quantitative estimate of drug-likeness (QED) is 0.452. The molecule has 2 N–H and O–H groups in total. The van der Waals surface area contributed by atoms with Crippen molar-refractivity contribution in [3.05, 3.63) is 79.9 Å². The maximum absolute atomic E-state index is 13.2. The number of amides is 2. The molecule has 0 aliphatic carbocycles. The Morgan fingerprint density at radius 2 is 1.71 bits per heavy atom. The van der Waals surface area contributed by atoms with Gasteiger partial charge in [0.2, 0.25) is 0 Å². The van der Waals surface area contributed by atoms with Crippen LogP contribution in [0.1, 0.15) is 36.0 Å². The Labute approximate surface area is 190 Å². The van der Waals surface area contributed by atoms with E-state index in [4.69, 9.17) is 23.2 Å². The average molecular weight is 481 g/mol. The van der Waals surface area contributed by atoms with Crippen LogP contribution in [0, 0.1) is 12.7 Å². The fourth-order valence-electron chi connectivity index (χ4n) is 2.67. The van der Waals surface area contributed by atoms with Crippen LogP contribution >= 0.6 is 34.5 Å². The Kier molecular flexibility index (Phi) is 6.94. The molecule has 6 nitrogen and oxygen atoms in total. The van der Waals surface area contributed by atoms with Crippen molar-refractivity contribution in [2.45, 2.75) is 6.92 Å². The topological polar surface area (TPSA) is 84.5 Å². The van der Waals surface area contributed by atoms with Gasteiger partial charge in [-0.3, -0.25) is 9.59 Å². The van der Waals surface area contributed by atoms with Crippen LogP contribution < -0.4 is 10.6 Å². The number of hydrogen-bond donors (Lipinski definition) is 2. The molecule has 2 aromatic carbocycles. The number of nitrogens with one attached hydrogen (secondary N) is 2. The van der Waals surface area contributed by atoms with Crippen LogP contribution in [0.15, 0.2) is 42.5 Å². The van der Waals surface area contributed by atoms with Gasteiger partial charge in [-0.15, -0.1) is 11.3 Å². The number of anilines is 2. The SMILES string of the molecule is COC(=O)c1ccc(Cl)c(NC(=O)c2sc(NC(=O)c3ccc(F)cc3Cl)cc2C)c1. The third kappa shape index (κ3) is 5.22. The van der Waals surface area contributed by atoms with Crippen molar-refractivity contribution in [3.8, 4) is 0 Å². The highest BCUT2D eigenvalue weighted by molar-refractivity contribution is 7.18. The van der Waals surface area contributed by atoms with Crippen LogP contribution in [-0.2, 0) is 4.74 Å². The third-order valence-electron chi connectivity index (χ3n) is 4.17. The monoisotopic (exact) mass is 480 g/mol. The van der Waals surface area contributed by atoms with E-state index in [0.29, 0.717) is 15.4 Å². The molecule has 31 heavy (non-hydrogen) atoms. The summed E-state index contributed by atoms with van der Waals surface area (Å²) in [6.45, 7) is 1.71. The number of esters is 1. The molecule has 0 bridgehead atoms. The zero-order chi connectivity index (χ0) is 22.7. The van der Waals surface area contributed by atoms with Crippen LogP contribution in [0.25, 0.3) is 0 Å². The van der Waals surface area contributed by atoms with Crippen molar-refractivity contribution >= 4 is 63.0 Å². The van der Waals surface area contributed by atoms with Crippen LogP contribution in [0.3, 0.4) is 0 Å². The van der Waals surface area contributed by atoms with Gasteiger partial charge in [0.1, 0.15) is 5.82 Å². The summed E-state index contributed by atoms with van der Waals surface area (Å²) in [4.78, 5) is 37.2. The van der Waals surface area contributed by atoms with Crippen molar-refractivity contribution in [2.75, 3.05) is 17.7 Å². The Hall–Kier alpha value is -2.94. The van der Waals surface area contributed by atoms with Crippen LogP contribution in [0.2, 0.25) is 10.0 Å². The number of aryl methyl sites for hydroxylation is 1. The molecule has 0 fully saturated rings. The predicted octanol–water partition coefficient (Wildman–Crippen LogP) is 5.79. The average Bonchev–Trinajstić information content (AvgIpc) is 3.08. The van der Waals surface area contributed by atoms with E-state index in [-0.39, 0.29) is 26.9 Å². The Balaban J connectivity index is 1.78. The number of carbonyl (C=O) groups excluding carboxylic acids is 3. The minimum atomic E-state index is -0.566. The number of carbonyl (C=O) groups is 3. The van der Waals surface area contributed by atoms with Gasteiger partial charge in [-0.25, -0.2) is 9.18 Å². The minimum Gasteiger partial charge on any atom is -0.465 e. The van der Waals surface area contributed by atoms with Crippen molar-refractivity contribution in [2.24, 2.45) is 0 Å². The van der Waals surface area contributed by atoms with Crippen molar-refractivity contribution in [3.63, 3.8) is 0 Å². The molecule has 0 saturated carbocycles. The lowest BCUT2D eigenvalue weighted by molar-refractivity contribution is 0.0600. The maximum Gasteiger partial charge on any atom is 0.337 e. The first kappa shape index (κ1) is 22.7. The first-order valence-electron chi connectivity index (χ1n) is 8.75. The van der Waals surface area contributed by atoms with E-state index in [0.717, 1.165) is 23.5 Å². The smallest absolute Gasteiger partial charge is 0.337 e. The lowest BCUT2D eigenvalue weighted by Crippen LogP contribution is -2.13. The van der Waals surface area contributed by atoms with E-state index < -0.39 is 23.6 Å². The molecule has 1 heterocycles. The number of halogens is 3. The predicted molar refractivity (Wildman–Crippen MR) is 119 cm³/mol. The lowest BCUT2D eigenvalue weighted by atomic mass is 10.2. The number of thiophene rings is 1. The highest BCUT2D eigenvalue weighted by atomic mass is 35.5. The van der Waals surface area contributed by atoms with Gasteiger partial charge in [0.05, 0.1) is 43.8 Å². The van der Waals surface area contributed by atoms with E-state index >= 15 is 0 Å². The molecule has 3 aromatic rings. The molecule has 2 amide bonds. The molecule has 10 heteroatoms. The number of methoxy groups -OCH3 is 1. The highest BCUT2D eigenvalue weighted by Crippen LogP contribution is 2.30. The second-order valence-corrected chi connectivity index (χ2v) is 8.21. The number of hydrogen-bond acceptors (Lipinski definition) is 5. The fourth-order valence-corrected chi connectivity index (χ4v) is 4.05. The third-order valence-corrected chi connectivity index (χ3v) is 5.97. The van der Waals surface area contributed by atoms with Gasteiger partial charge < -0.3 is 15.4 Å². The summed E-state index contributed by atoms with van der Waals surface area (Å²) in [5, 5.41) is 5.93. The van der Waals surface area contributed by atoms with Gasteiger partial charge in [-0.1, -0.05) is 23.2 Å². The zero-order valence-corrected chi connectivity index (χ0v) is 18.5. The van der Waals surface area contributed by atoms with Crippen molar-refractivity contribution in [1.29, 1.82) is 0 Å². The molecule has 0 atom stereocenters. The Morgan fingerprint density at radius 1 is 0.968 bits per heavy atom. The van der Waals surface area contributed by atoms with E-state index in [1.165, 1.54) is 31.4 Å². The molecule has 0 saturated heterocycles. The first-order chi connectivity index (χ1) is 14.7. The van der Waals surface area contributed by atoms with Gasteiger partial charge in [-0.05, 0) is 55.0 Å². The fraction of sp³-hybridized carbons (Fsp3) is 0.0952. The Bertz CT molecular complexity index is 1200. The summed E-state index contributed by atoms with van der Waals surface area (Å²) in [5.74, 6) is -2.12. The van der Waals surface area contributed by atoms with Gasteiger partial charge in [-0.2, -0.15) is 0 Å². The molecule has 0 aliphatic heterocycles. The van der Waals surface area contributed by atoms with Crippen molar-refractivity contribution in [1.82, 2.24) is 0 Å². The molecule has 0 spiro atoms. The van der Waals surface area contributed by atoms with Gasteiger partial charge in [0.15, 0.2) is 0 Å². The van der Waals surface area contributed by atoms with Gasteiger partial charge in [0, 0.05) is 0 Å². The van der Waals surface area contributed by atoms with Crippen LogP contribution in [-0.4, -0.2) is 24.9 Å². The number of rotatable bonds is 5. The zero-order valence-electron chi connectivity index (χ0n) is 16.2. The second-order valence-electron chi connectivity index (χ2n) is 6.34. The number of benzene rings is 2. The first-order valence-corrected chi connectivity index (χ1v) is 10.3. The summed E-state index contributed by atoms with van der Waals surface area (Å²) in [7, 11) is 1.25. The standard InChI is InChI=1S/C21H15Cl2FN2O4S/c1-10-7-17(26-19(27)13-5-4-12(24)9-15(13)23)31-18(10)20(28)25-16-8-11(21(29)30-2)3-6-14(16)22/h3-9H,1-2H3,(H,25,28)(H,26,27). The second kappa shape index (κ2) is 9.47. The van der Waals surface area contributed by atoms with Gasteiger partial charge in [0.25, 0.3) is 11.8 Å². The highest BCUT2D eigenvalue weighted by Gasteiger charge is 2.19. The molecule has 3 rings (SSSR count). The molecule has 0 radical (unpaired) electrons. The summed E-state index contributed by atoms with van der Waals surface area (Å²) in [6.07, 6.45) is 0. The largest absolute Gasteiger partial charge is 0.465 e. The molecular formula is C21H15Cl2FN2O4S. The maximum atomic E-state index is 13.2. The lowest BCUT2D eigenvalue weighted by Gasteiger charge is -2.08. The van der Waals surface area contributed by atoms with Crippen molar-refractivity contribution < 1.29 is 23.5 Å². The summed E-state index contributed by atoms with van der Waals surface area (Å²) < 4.78 is 17.9. The molecule has 1 aromatic heterocycles. The van der Waals surface area contributed by atoms with E-state index in [1.54, 1.807) is 13.0 Å². The molecule has 160 valence electrons. The molecular weight excluding hydrogens is 466 g/mol. The normalized spacial score (nSPS) is 10.5. The van der Waals surface area contributed by atoms with E-state index in [9.17, 15) is 18.8 Å². The van der Waals surface area contributed by atoms with E-state index in [2.05, 4.69) is 15.4 Å². The van der Waals surface area contributed by atoms with Crippen LogP contribution in [0.4, 0.5) is 15.1 Å². The summed E-state index contributed by atoms with van der Waals surface area (Å²) in [6, 6.07) is 9.44. The molecule has 0 aliphatic rings. The van der Waals surface area contributed by atoms with Crippen LogP contribution in [0.5, 0.6) is 0 Å². The summed E-state index contributed by atoms with van der Waals surface area (Å²) >= 11 is 13.1. The number of ether oxygens (including phenoxy) is 1. The minimum absolute atomic E-state index is 0.0242. The Morgan fingerprint density at radius 3 is 2.39 bits per heavy atom. The summed E-state index contributed by atoms with van der Waals surface area (Å²) in [5.41, 5.74) is 1.19. The van der Waals surface area contributed by atoms with E-state index in [1.807, 2.05) is 0 Å².